The topological polar surface area (TPSA) is 12.0 Å². The van der Waals surface area contributed by atoms with E-state index in [0.29, 0.717) is 0 Å². The van der Waals surface area contributed by atoms with Crippen LogP contribution in [0.4, 0.5) is 0 Å². The molecule has 1 nitrogen and oxygen atoms in total. The lowest BCUT2D eigenvalue weighted by molar-refractivity contribution is 0.342. The van der Waals surface area contributed by atoms with Crippen molar-refractivity contribution in [3.63, 3.8) is 0 Å². The summed E-state index contributed by atoms with van der Waals surface area (Å²) >= 11 is 11.9. The Labute approximate surface area is 101 Å². The standard InChI is InChI=1S/C12H15Cl2N/c13-10-6-9(7-11(14)8-10)4-5-15-12-2-1-3-12/h6-8,12,15H,1-5H2. The molecule has 1 aliphatic rings. The van der Waals surface area contributed by atoms with Gasteiger partial charge in [-0.05, 0) is 49.6 Å². The maximum atomic E-state index is 5.93. The minimum absolute atomic E-state index is 0.723. The minimum Gasteiger partial charge on any atom is -0.314 e. The van der Waals surface area contributed by atoms with Crippen molar-refractivity contribution in [1.82, 2.24) is 5.32 Å². The van der Waals surface area contributed by atoms with E-state index in [1.165, 1.54) is 24.8 Å². The van der Waals surface area contributed by atoms with Gasteiger partial charge in [-0.3, -0.25) is 0 Å². The van der Waals surface area contributed by atoms with Gasteiger partial charge in [-0.25, -0.2) is 0 Å². The van der Waals surface area contributed by atoms with E-state index >= 15 is 0 Å². The third kappa shape index (κ3) is 3.37. The fourth-order valence-corrected chi connectivity index (χ4v) is 2.36. The van der Waals surface area contributed by atoms with Gasteiger partial charge < -0.3 is 5.32 Å². The summed E-state index contributed by atoms with van der Waals surface area (Å²) in [6.45, 7) is 1.02. The minimum atomic E-state index is 0.723. The van der Waals surface area contributed by atoms with Crippen molar-refractivity contribution in [3.8, 4) is 0 Å². The molecule has 1 fully saturated rings. The molecule has 0 spiro atoms. The highest BCUT2D eigenvalue weighted by molar-refractivity contribution is 6.34. The van der Waals surface area contributed by atoms with E-state index in [-0.39, 0.29) is 0 Å². The van der Waals surface area contributed by atoms with Crippen LogP contribution in [0.25, 0.3) is 0 Å². The average Bonchev–Trinajstić information content (AvgIpc) is 2.07. The second-order valence-corrected chi connectivity index (χ2v) is 4.98. The number of rotatable bonds is 4. The van der Waals surface area contributed by atoms with Crippen molar-refractivity contribution in [2.75, 3.05) is 6.54 Å². The van der Waals surface area contributed by atoms with E-state index in [0.717, 1.165) is 29.1 Å². The molecule has 0 atom stereocenters. The monoisotopic (exact) mass is 243 g/mol. The van der Waals surface area contributed by atoms with Gasteiger partial charge in [-0.2, -0.15) is 0 Å². The van der Waals surface area contributed by atoms with Gasteiger partial charge in [0.05, 0.1) is 0 Å². The number of benzene rings is 1. The fourth-order valence-electron chi connectivity index (χ4n) is 1.79. The highest BCUT2D eigenvalue weighted by atomic mass is 35.5. The first-order valence-corrected chi connectivity index (χ1v) is 6.18. The maximum absolute atomic E-state index is 5.93. The van der Waals surface area contributed by atoms with Crippen LogP contribution in [0.5, 0.6) is 0 Å². The van der Waals surface area contributed by atoms with E-state index in [9.17, 15) is 0 Å². The van der Waals surface area contributed by atoms with Crippen LogP contribution in [0.15, 0.2) is 18.2 Å². The van der Waals surface area contributed by atoms with Crippen LogP contribution in [0.3, 0.4) is 0 Å². The number of nitrogens with one attached hydrogen (secondary N) is 1. The van der Waals surface area contributed by atoms with Gasteiger partial charge in [-0.1, -0.05) is 29.6 Å². The van der Waals surface area contributed by atoms with Crippen LogP contribution >= 0.6 is 23.2 Å². The number of hydrogen-bond acceptors (Lipinski definition) is 1. The lowest BCUT2D eigenvalue weighted by Crippen LogP contribution is -2.36. The summed E-state index contributed by atoms with van der Waals surface area (Å²) in [7, 11) is 0. The van der Waals surface area contributed by atoms with Crippen LogP contribution in [0.2, 0.25) is 10.0 Å². The third-order valence-corrected chi connectivity index (χ3v) is 3.31. The van der Waals surface area contributed by atoms with E-state index in [2.05, 4.69) is 5.32 Å². The van der Waals surface area contributed by atoms with Crippen molar-refractivity contribution in [2.45, 2.75) is 31.7 Å². The lowest BCUT2D eigenvalue weighted by atomic mass is 9.93. The Morgan fingerprint density at radius 3 is 2.33 bits per heavy atom. The highest BCUT2D eigenvalue weighted by Crippen LogP contribution is 2.20. The highest BCUT2D eigenvalue weighted by Gasteiger charge is 2.15. The first kappa shape index (κ1) is 11.3. The van der Waals surface area contributed by atoms with Crippen molar-refractivity contribution >= 4 is 23.2 Å². The smallest absolute Gasteiger partial charge is 0.0423 e. The molecule has 1 aliphatic carbocycles. The SMILES string of the molecule is Clc1cc(Cl)cc(CCNC2CCC2)c1. The molecule has 1 N–H and O–H groups in total. The molecule has 2 rings (SSSR count). The molecule has 1 aromatic carbocycles. The van der Waals surface area contributed by atoms with E-state index in [1.807, 2.05) is 12.1 Å². The predicted molar refractivity (Wildman–Crippen MR) is 65.8 cm³/mol. The molecule has 1 saturated carbocycles. The summed E-state index contributed by atoms with van der Waals surface area (Å²) in [5.74, 6) is 0. The van der Waals surface area contributed by atoms with Gasteiger partial charge >= 0.3 is 0 Å². The molecule has 0 heterocycles. The third-order valence-electron chi connectivity index (χ3n) is 2.87. The van der Waals surface area contributed by atoms with Crippen molar-refractivity contribution in [1.29, 1.82) is 0 Å². The maximum Gasteiger partial charge on any atom is 0.0423 e. The number of halogens is 2. The van der Waals surface area contributed by atoms with Gasteiger partial charge in [-0.15, -0.1) is 0 Å². The summed E-state index contributed by atoms with van der Waals surface area (Å²) in [6.07, 6.45) is 5.03. The fraction of sp³-hybridized carbons (Fsp3) is 0.500. The quantitative estimate of drug-likeness (QED) is 0.851. The van der Waals surface area contributed by atoms with Gasteiger partial charge in [0, 0.05) is 16.1 Å². The lowest BCUT2D eigenvalue weighted by Gasteiger charge is -2.26. The van der Waals surface area contributed by atoms with Crippen molar-refractivity contribution in [2.24, 2.45) is 0 Å². The van der Waals surface area contributed by atoms with Crippen LogP contribution in [-0.2, 0) is 6.42 Å². The molecule has 82 valence electrons. The molecule has 1 aromatic rings. The van der Waals surface area contributed by atoms with Gasteiger partial charge in [0.1, 0.15) is 0 Å². The van der Waals surface area contributed by atoms with E-state index in [4.69, 9.17) is 23.2 Å². The molecular weight excluding hydrogens is 229 g/mol. The summed E-state index contributed by atoms with van der Waals surface area (Å²) in [5.41, 5.74) is 1.21. The van der Waals surface area contributed by atoms with Crippen LogP contribution in [-0.4, -0.2) is 12.6 Å². The predicted octanol–water partition coefficient (Wildman–Crippen LogP) is 3.68. The zero-order valence-corrected chi connectivity index (χ0v) is 10.1. The Morgan fingerprint density at radius 1 is 1.13 bits per heavy atom. The Kier molecular flexibility index (Phi) is 3.90. The molecule has 0 radical (unpaired) electrons. The van der Waals surface area contributed by atoms with E-state index in [1.54, 1.807) is 6.07 Å². The Bertz CT molecular complexity index is 314. The second kappa shape index (κ2) is 5.20. The van der Waals surface area contributed by atoms with Crippen molar-refractivity contribution < 1.29 is 0 Å². The molecule has 3 heteroatoms. The van der Waals surface area contributed by atoms with Crippen molar-refractivity contribution in [3.05, 3.63) is 33.8 Å². The average molecular weight is 244 g/mol. The summed E-state index contributed by atoms with van der Waals surface area (Å²) < 4.78 is 0. The Morgan fingerprint density at radius 2 is 1.80 bits per heavy atom. The molecule has 0 aromatic heterocycles. The molecule has 0 unspecified atom stereocenters. The summed E-state index contributed by atoms with van der Waals surface area (Å²) in [5, 5.41) is 4.97. The van der Waals surface area contributed by atoms with Crippen LogP contribution in [0, 0.1) is 0 Å². The Balaban J connectivity index is 1.81. The van der Waals surface area contributed by atoms with Crippen LogP contribution in [0.1, 0.15) is 24.8 Å². The molecule has 0 aliphatic heterocycles. The normalized spacial score (nSPS) is 16.4. The molecular formula is C12H15Cl2N. The Hall–Kier alpha value is -0.240. The number of hydrogen-bond donors (Lipinski definition) is 1. The molecule has 15 heavy (non-hydrogen) atoms. The van der Waals surface area contributed by atoms with Gasteiger partial charge in [0.2, 0.25) is 0 Å². The molecule has 0 amide bonds. The molecule has 0 bridgehead atoms. The molecule has 0 saturated heterocycles. The summed E-state index contributed by atoms with van der Waals surface area (Å²) in [6, 6.07) is 6.48. The second-order valence-electron chi connectivity index (χ2n) is 4.11. The van der Waals surface area contributed by atoms with Crippen LogP contribution < -0.4 is 5.32 Å². The zero-order chi connectivity index (χ0) is 10.7. The first-order chi connectivity index (χ1) is 7.24. The first-order valence-electron chi connectivity index (χ1n) is 5.42. The van der Waals surface area contributed by atoms with Gasteiger partial charge in [0.15, 0.2) is 0 Å². The van der Waals surface area contributed by atoms with Gasteiger partial charge in [0.25, 0.3) is 0 Å². The largest absolute Gasteiger partial charge is 0.314 e. The zero-order valence-electron chi connectivity index (χ0n) is 8.60. The summed E-state index contributed by atoms with van der Waals surface area (Å²) in [4.78, 5) is 0. The van der Waals surface area contributed by atoms with E-state index < -0.39 is 0 Å².